The van der Waals surface area contributed by atoms with Crippen molar-refractivity contribution in [2.45, 2.75) is 26.7 Å². The molecule has 0 saturated heterocycles. The van der Waals surface area contributed by atoms with Crippen LogP contribution in [0.1, 0.15) is 26.7 Å². The van der Waals surface area contributed by atoms with Crippen LogP contribution in [0, 0.1) is 12.8 Å². The average molecular weight is 206 g/mol. The van der Waals surface area contributed by atoms with Gasteiger partial charge < -0.3 is 0 Å². The van der Waals surface area contributed by atoms with Gasteiger partial charge in [-0.25, -0.2) is 0 Å². The third-order valence-corrected chi connectivity index (χ3v) is 0.781. The normalized spacial score (nSPS) is 8.57. The van der Waals surface area contributed by atoms with Gasteiger partial charge in [-0.1, -0.05) is 33.6 Å². The summed E-state index contributed by atoms with van der Waals surface area (Å²) in [5.74, 6) is 0.836. The monoisotopic (exact) mass is 207 g/mol. The molecule has 0 atom stereocenters. The van der Waals surface area contributed by atoms with E-state index < -0.39 is 0 Å². The summed E-state index contributed by atoms with van der Waals surface area (Å²) in [5.41, 5.74) is 0. The molecule has 0 unspecified atom stereocenters. The standard InChI is InChI=1S/C6H13.Sn.2H/c1-4-5-6(2)3;;;/h6H,1,4-5H2,2-3H3;;;. The first-order valence-corrected chi connectivity index (χ1v) is 2.56. The van der Waals surface area contributed by atoms with Crippen LogP contribution in [0.2, 0.25) is 0 Å². The van der Waals surface area contributed by atoms with Gasteiger partial charge in [-0.15, -0.1) is 0 Å². The second-order valence-corrected chi connectivity index (χ2v) is 2.04. The molecule has 0 heterocycles. The molecule has 0 aliphatic heterocycles. The zero-order chi connectivity index (χ0) is 4.99. The Hall–Kier alpha value is 0.799. The topological polar surface area (TPSA) is 0 Å². The van der Waals surface area contributed by atoms with Crippen molar-refractivity contribution in [3.63, 3.8) is 0 Å². The van der Waals surface area contributed by atoms with E-state index in [1.54, 1.807) is 0 Å². The van der Waals surface area contributed by atoms with E-state index in [2.05, 4.69) is 20.8 Å². The molecule has 0 aliphatic rings. The molecule has 0 aromatic heterocycles. The first kappa shape index (κ1) is 10.7. The van der Waals surface area contributed by atoms with E-state index >= 15 is 0 Å². The van der Waals surface area contributed by atoms with E-state index in [9.17, 15) is 0 Å². The Labute approximate surface area is 63.6 Å². The van der Waals surface area contributed by atoms with Gasteiger partial charge >= 0.3 is 23.9 Å². The third-order valence-electron chi connectivity index (χ3n) is 0.781. The van der Waals surface area contributed by atoms with Gasteiger partial charge in [-0.3, -0.25) is 0 Å². The fourth-order valence-corrected chi connectivity index (χ4v) is 0.408. The maximum absolute atomic E-state index is 3.73. The van der Waals surface area contributed by atoms with Crippen LogP contribution in [-0.2, 0) is 0 Å². The summed E-state index contributed by atoms with van der Waals surface area (Å²) in [6, 6.07) is 0. The van der Waals surface area contributed by atoms with E-state index in [0.717, 1.165) is 12.3 Å². The molecule has 0 fully saturated rings. The zero-order valence-corrected chi connectivity index (χ0v) is 9.44. The van der Waals surface area contributed by atoms with E-state index in [1.165, 1.54) is 6.42 Å². The molecule has 1 heteroatoms. The van der Waals surface area contributed by atoms with Crippen LogP contribution in [-0.4, -0.2) is 23.9 Å². The molecule has 0 N–H and O–H groups in total. The van der Waals surface area contributed by atoms with Crippen molar-refractivity contribution in [2.75, 3.05) is 0 Å². The van der Waals surface area contributed by atoms with Gasteiger partial charge in [0.2, 0.25) is 0 Å². The third kappa shape index (κ3) is 10.8. The Morgan fingerprint density at radius 2 is 1.86 bits per heavy atom. The Morgan fingerprint density at radius 1 is 1.43 bits per heavy atom. The maximum atomic E-state index is 3.73. The second kappa shape index (κ2) is 6.80. The van der Waals surface area contributed by atoms with Crippen molar-refractivity contribution in [3.8, 4) is 0 Å². The molecular weight excluding hydrogens is 191 g/mol. The molecule has 7 heavy (non-hydrogen) atoms. The van der Waals surface area contributed by atoms with Gasteiger partial charge in [-0.05, 0) is 5.92 Å². The minimum atomic E-state index is 0. The summed E-state index contributed by atoms with van der Waals surface area (Å²) < 4.78 is 0. The quantitative estimate of drug-likeness (QED) is 0.598. The van der Waals surface area contributed by atoms with Crippen LogP contribution in [0.15, 0.2) is 0 Å². The molecule has 0 saturated carbocycles. The molecule has 0 aromatic rings. The van der Waals surface area contributed by atoms with Gasteiger partial charge in [0, 0.05) is 0 Å². The van der Waals surface area contributed by atoms with Crippen molar-refractivity contribution in [2.24, 2.45) is 5.92 Å². The SMILES string of the molecule is [CH2]CCC(C)C.[SnH2]. The molecule has 0 nitrogen and oxygen atoms in total. The van der Waals surface area contributed by atoms with Crippen LogP contribution in [0.4, 0.5) is 0 Å². The summed E-state index contributed by atoms with van der Waals surface area (Å²) in [6.45, 7) is 8.15. The molecule has 0 aliphatic carbocycles. The second-order valence-electron chi connectivity index (χ2n) is 2.04. The molecule has 3 radical (unpaired) electrons. The molecule has 0 bridgehead atoms. The fourth-order valence-electron chi connectivity index (χ4n) is 0.408. The molecular formula is C6H15Sn. The van der Waals surface area contributed by atoms with Crippen LogP contribution in [0.25, 0.3) is 0 Å². The number of hydrogen-bond acceptors (Lipinski definition) is 0. The van der Waals surface area contributed by atoms with E-state index in [4.69, 9.17) is 0 Å². The van der Waals surface area contributed by atoms with E-state index in [-0.39, 0.29) is 23.9 Å². The summed E-state index contributed by atoms with van der Waals surface area (Å²) >= 11 is 0. The van der Waals surface area contributed by atoms with Gasteiger partial charge in [0.05, 0.1) is 0 Å². The predicted molar refractivity (Wildman–Crippen MR) is 38.0 cm³/mol. The average Bonchev–Trinajstić information content (AvgIpc) is 1.35. The Morgan fingerprint density at radius 3 is 1.86 bits per heavy atom. The van der Waals surface area contributed by atoms with Gasteiger partial charge in [0.25, 0.3) is 0 Å². The number of hydrogen-bond donors (Lipinski definition) is 0. The zero-order valence-electron chi connectivity index (χ0n) is 5.41. The van der Waals surface area contributed by atoms with Gasteiger partial charge in [0.15, 0.2) is 0 Å². The Balaban J connectivity index is 0. The van der Waals surface area contributed by atoms with Crippen molar-refractivity contribution < 1.29 is 0 Å². The van der Waals surface area contributed by atoms with Crippen LogP contribution >= 0.6 is 0 Å². The fraction of sp³-hybridized carbons (Fsp3) is 0.833. The predicted octanol–water partition coefficient (Wildman–Crippen LogP) is 1.34. The van der Waals surface area contributed by atoms with Crippen LogP contribution < -0.4 is 0 Å². The molecule has 0 rings (SSSR count). The van der Waals surface area contributed by atoms with E-state index in [1.807, 2.05) is 0 Å². The van der Waals surface area contributed by atoms with Crippen molar-refractivity contribution >= 4 is 23.9 Å². The molecule has 0 spiro atoms. The first-order valence-electron chi connectivity index (χ1n) is 2.56. The van der Waals surface area contributed by atoms with Crippen LogP contribution in [0.5, 0.6) is 0 Å². The Kier molecular flexibility index (Phi) is 10.4. The number of rotatable bonds is 2. The molecule has 0 amide bonds. The summed E-state index contributed by atoms with van der Waals surface area (Å²) in [6.07, 6.45) is 2.34. The van der Waals surface area contributed by atoms with Crippen LogP contribution in [0.3, 0.4) is 0 Å². The van der Waals surface area contributed by atoms with Crippen molar-refractivity contribution in [3.05, 3.63) is 6.92 Å². The summed E-state index contributed by atoms with van der Waals surface area (Å²) in [4.78, 5) is 0. The van der Waals surface area contributed by atoms with E-state index in [0.29, 0.717) is 0 Å². The molecule has 0 aromatic carbocycles. The van der Waals surface area contributed by atoms with Crippen molar-refractivity contribution in [1.29, 1.82) is 0 Å². The van der Waals surface area contributed by atoms with Crippen molar-refractivity contribution in [1.82, 2.24) is 0 Å². The molecule has 43 valence electrons. The van der Waals surface area contributed by atoms with Gasteiger partial charge in [0.1, 0.15) is 0 Å². The van der Waals surface area contributed by atoms with Gasteiger partial charge in [-0.2, -0.15) is 0 Å². The minimum absolute atomic E-state index is 0. The summed E-state index contributed by atoms with van der Waals surface area (Å²) in [7, 11) is 0. The summed E-state index contributed by atoms with van der Waals surface area (Å²) in [5, 5.41) is 0. The Bertz CT molecular complexity index is 25.4. The first-order chi connectivity index (χ1) is 2.77.